The van der Waals surface area contributed by atoms with Crippen molar-refractivity contribution in [2.24, 2.45) is 0 Å². The van der Waals surface area contributed by atoms with E-state index in [1.165, 1.54) is 5.56 Å². The standard InChI is InChI=1S/C25H32ClN3O4/c1-18-24(16-30)27-28-29(18)13-4-14-32-22-9-5-19(6-10-22)25(2,3)20-7-11-23(12-8-20)33-17-21(31)15-26/h5-12,21,30-31H,4,13-17H2,1-3H3/t21-/m1/s1. The van der Waals surface area contributed by atoms with Crippen LogP contribution in [-0.4, -0.2) is 50.4 Å². The topological polar surface area (TPSA) is 89.6 Å². The van der Waals surface area contributed by atoms with Gasteiger partial charge in [-0.15, -0.1) is 16.7 Å². The van der Waals surface area contributed by atoms with Crippen LogP contribution < -0.4 is 9.47 Å². The molecule has 1 atom stereocenters. The third kappa shape index (κ3) is 6.47. The number of hydrogen-bond donors (Lipinski definition) is 2. The highest BCUT2D eigenvalue weighted by molar-refractivity contribution is 6.18. The maximum Gasteiger partial charge on any atom is 0.119 e. The highest BCUT2D eigenvalue weighted by Gasteiger charge is 2.23. The Kier molecular flexibility index (Phi) is 8.72. The smallest absolute Gasteiger partial charge is 0.119 e. The molecule has 7 nitrogen and oxygen atoms in total. The maximum absolute atomic E-state index is 9.53. The lowest BCUT2D eigenvalue weighted by Crippen LogP contribution is -2.20. The molecule has 0 amide bonds. The molecule has 0 fully saturated rings. The molecule has 0 aliphatic heterocycles. The van der Waals surface area contributed by atoms with Crippen LogP contribution in [0.25, 0.3) is 0 Å². The van der Waals surface area contributed by atoms with Gasteiger partial charge in [0.1, 0.15) is 29.9 Å². The second-order valence-electron chi connectivity index (χ2n) is 8.50. The summed E-state index contributed by atoms with van der Waals surface area (Å²) >= 11 is 5.60. The Balaban J connectivity index is 1.53. The number of rotatable bonds is 12. The predicted octanol–water partition coefficient (Wildman–Crippen LogP) is 3.85. The normalized spacial score (nSPS) is 12.5. The van der Waals surface area contributed by atoms with E-state index in [-0.39, 0.29) is 24.5 Å². The predicted molar refractivity (Wildman–Crippen MR) is 128 cm³/mol. The van der Waals surface area contributed by atoms with Crippen LogP contribution in [0.5, 0.6) is 11.5 Å². The lowest BCUT2D eigenvalue weighted by atomic mass is 9.78. The first-order valence-corrected chi connectivity index (χ1v) is 11.6. The van der Waals surface area contributed by atoms with Crippen molar-refractivity contribution in [3.8, 4) is 11.5 Å². The second kappa shape index (κ2) is 11.5. The first-order valence-electron chi connectivity index (χ1n) is 11.1. The first kappa shape index (κ1) is 25.0. The average molecular weight is 474 g/mol. The number of aliphatic hydroxyl groups is 2. The summed E-state index contributed by atoms with van der Waals surface area (Å²) in [5, 5.41) is 26.7. The molecule has 3 rings (SSSR count). The van der Waals surface area contributed by atoms with Crippen molar-refractivity contribution in [3.05, 3.63) is 71.0 Å². The van der Waals surface area contributed by atoms with E-state index in [1.54, 1.807) is 4.68 Å². The zero-order valence-electron chi connectivity index (χ0n) is 19.4. The number of hydrogen-bond acceptors (Lipinski definition) is 6. The van der Waals surface area contributed by atoms with Gasteiger partial charge in [0.2, 0.25) is 0 Å². The van der Waals surface area contributed by atoms with Crippen molar-refractivity contribution in [2.45, 2.75) is 51.9 Å². The molecule has 2 aromatic carbocycles. The molecule has 3 aromatic rings. The summed E-state index contributed by atoms with van der Waals surface area (Å²) in [6.45, 7) is 7.59. The Labute approximate surface area is 199 Å². The van der Waals surface area contributed by atoms with E-state index in [2.05, 4.69) is 36.3 Å². The Bertz CT molecular complexity index is 1000. The van der Waals surface area contributed by atoms with Crippen molar-refractivity contribution in [1.82, 2.24) is 15.0 Å². The molecule has 0 aliphatic rings. The summed E-state index contributed by atoms with van der Waals surface area (Å²) in [4.78, 5) is 0. The molecule has 0 spiro atoms. The van der Waals surface area contributed by atoms with Gasteiger partial charge in [0.25, 0.3) is 0 Å². The number of benzene rings is 2. The summed E-state index contributed by atoms with van der Waals surface area (Å²) in [5.74, 6) is 1.68. The fraction of sp³-hybridized carbons (Fsp3) is 0.440. The lowest BCUT2D eigenvalue weighted by Gasteiger charge is -2.26. The number of alkyl halides is 1. The molecule has 1 heterocycles. The van der Waals surface area contributed by atoms with Gasteiger partial charge >= 0.3 is 0 Å². The molecule has 178 valence electrons. The van der Waals surface area contributed by atoms with Crippen LogP contribution in [0, 0.1) is 6.92 Å². The zero-order valence-corrected chi connectivity index (χ0v) is 20.1. The molecule has 33 heavy (non-hydrogen) atoms. The summed E-state index contributed by atoms with van der Waals surface area (Å²) in [6, 6.07) is 16.1. The van der Waals surface area contributed by atoms with Crippen molar-refractivity contribution in [3.63, 3.8) is 0 Å². The highest BCUT2D eigenvalue weighted by Crippen LogP contribution is 2.33. The highest BCUT2D eigenvalue weighted by atomic mass is 35.5. The van der Waals surface area contributed by atoms with Gasteiger partial charge in [-0.2, -0.15) is 0 Å². The van der Waals surface area contributed by atoms with E-state index in [0.717, 1.165) is 23.4 Å². The fourth-order valence-electron chi connectivity index (χ4n) is 3.50. The second-order valence-corrected chi connectivity index (χ2v) is 8.81. The number of aryl methyl sites for hydroxylation is 1. The van der Waals surface area contributed by atoms with Gasteiger partial charge in [0, 0.05) is 18.4 Å². The van der Waals surface area contributed by atoms with E-state index >= 15 is 0 Å². The molecule has 0 bridgehead atoms. The van der Waals surface area contributed by atoms with Crippen LogP contribution in [0.15, 0.2) is 48.5 Å². The van der Waals surface area contributed by atoms with Crippen LogP contribution in [-0.2, 0) is 18.6 Å². The van der Waals surface area contributed by atoms with Gasteiger partial charge in [-0.05, 0) is 42.3 Å². The summed E-state index contributed by atoms with van der Waals surface area (Å²) in [7, 11) is 0. The minimum Gasteiger partial charge on any atom is -0.494 e. The van der Waals surface area contributed by atoms with Crippen LogP contribution in [0.3, 0.4) is 0 Å². The van der Waals surface area contributed by atoms with Crippen LogP contribution >= 0.6 is 11.6 Å². The Morgan fingerprint density at radius 2 is 1.58 bits per heavy atom. The number of aromatic nitrogens is 3. The molecule has 0 radical (unpaired) electrons. The number of halogens is 1. The van der Waals surface area contributed by atoms with Gasteiger partial charge in [0.05, 0.1) is 24.8 Å². The van der Waals surface area contributed by atoms with Crippen LogP contribution in [0.4, 0.5) is 0 Å². The molecular weight excluding hydrogens is 442 g/mol. The van der Waals surface area contributed by atoms with Gasteiger partial charge in [-0.25, -0.2) is 4.68 Å². The Morgan fingerprint density at radius 3 is 2.09 bits per heavy atom. The third-order valence-corrected chi connectivity index (χ3v) is 6.14. The SMILES string of the molecule is Cc1c(CO)nnn1CCCOc1ccc(C(C)(C)c2ccc(OC[C@H](O)CCl)cc2)cc1. The lowest BCUT2D eigenvalue weighted by molar-refractivity contribution is 0.125. The van der Waals surface area contributed by atoms with Crippen molar-refractivity contribution in [2.75, 3.05) is 19.1 Å². The van der Waals surface area contributed by atoms with E-state index in [0.29, 0.717) is 24.6 Å². The number of aliphatic hydroxyl groups excluding tert-OH is 2. The monoisotopic (exact) mass is 473 g/mol. The van der Waals surface area contributed by atoms with E-state index in [9.17, 15) is 10.2 Å². The van der Waals surface area contributed by atoms with Crippen molar-refractivity contribution >= 4 is 11.6 Å². The van der Waals surface area contributed by atoms with E-state index in [1.807, 2.05) is 43.3 Å². The van der Waals surface area contributed by atoms with Crippen LogP contribution in [0.2, 0.25) is 0 Å². The van der Waals surface area contributed by atoms with Gasteiger partial charge in [-0.1, -0.05) is 43.3 Å². The summed E-state index contributed by atoms with van der Waals surface area (Å²) in [6.07, 6.45) is 0.118. The Morgan fingerprint density at radius 1 is 1.00 bits per heavy atom. The molecule has 0 saturated carbocycles. The quantitative estimate of drug-likeness (QED) is 0.307. The maximum atomic E-state index is 9.53. The summed E-state index contributed by atoms with van der Waals surface area (Å²) < 4.78 is 13.2. The van der Waals surface area contributed by atoms with E-state index in [4.69, 9.17) is 21.1 Å². The van der Waals surface area contributed by atoms with Crippen LogP contribution in [0.1, 0.15) is 42.8 Å². The van der Waals surface area contributed by atoms with Gasteiger partial charge < -0.3 is 19.7 Å². The van der Waals surface area contributed by atoms with Gasteiger partial charge in [0.15, 0.2) is 0 Å². The molecule has 2 N–H and O–H groups in total. The Hall–Kier alpha value is -2.61. The molecule has 0 aliphatic carbocycles. The first-order chi connectivity index (χ1) is 15.8. The largest absolute Gasteiger partial charge is 0.494 e. The molecule has 0 unspecified atom stereocenters. The molecule has 1 aromatic heterocycles. The zero-order chi connectivity index (χ0) is 23.8. The molecular formula is C25H32ClN3O4. The van der Waals surface area contributed by atoms with Crippen molar-refractivity contribution in [1.29, 1.82) is 0 Å². The fourth-order valence-corrected chi connectivity index (χ4v) is 3.59. The summed E-state index contributed by atoms with van der Waals surface area (Å²) in [5.41, 5.74) is 3.64. The minimum absolute atomic E-state index is 0.0956. The number of ether oxygens (including phenoxy) is 2. The van der Waals surface area contributed by atoms with Crippen molar-refractivity contribution < 1.29 is 19.7 Å². The van der Waals surface area contributed by atoms with E-state index < -0.39 is 6.10 Å². The molecule has 8 heteroatoms. The number of nitrogens with zero attached hydrogens (tertiary/aromatic N) is 3. The average Bonchev–Trinajstić information content (AvgIpc) is 3.20. The minimum atomic E-state index is -0.672. The third-order valence-electron chi connectivity index (χ3n) is 5.78. The molecule has 0 saturated heterocycles. The van der Waals surface area contributed by atoms with Gasteiger partial charge in [-0.3, -0.25) is 0 Å².